The van der Waals surface area contributed by atoms with Gasteiger partial charge < -0.3 is 10.2 Å². The van der Waals surface area contributed by atoms with Crippen molar-refractivity contribution in [3.8, 4) is 0 Å². The molecule has 3 heterocycles. The Bertz CT molecular complexity index is 474. The molecule has 1 aromatic rings. The van der Waals surface area contributed by atoms with Gasteiger partial charge in [0.1, 0.15) is 0 Å². The van der Waals surface area contributed by atoms with Crippen molar-refractivity contribution in [2.75, 3.05) is 32.7 Å². The van der Waals surface area contributed by atoms with Crippen molar-refractivity contribution in [1.29, 1.82) is 0 Å². The second-order valence-corrected chi connectivity index (χ2v) is 6.67. The summed E-state index contributed by atoms with van der Waals surface area (Å²) in [6.07, 6.45) is 2.12. The molecule has 1 atom stereocenters. The molecule has 0 aromatic carbocycles. The zero-order chi connectivity index (χ0) is 13.9. The molecule has 0 saturated carbocycles. The van der Waals surface area contributed by atoms with E-state index in [2.05, 4.69) is 20.6 Å². The maximum atomic E-state index is 12.3. The van der Waals surface area contributed by atoms with Gasteiger partial charge in [-0.15, -0.1) is 48.6 Å². The number of amides is 1. The summed E-state index contributed by atoms with van der Waals surface area (Å²) >= 11 is 1.70. The van der Waals surface area contributed by atoms with Crippen molar-refractivity contribution in [1.82, 2.24) is 20.1 Å². The molecule has 2 aliphatic rings. The van der Waals surface area contributed by atoms with Crippen LogP contribution in [0.25, 0.3) is 0 Å². The normalized spacial score (nSPS) is 21.1. The van der Waals surface area contributed by atoms with Gasteiger partial charge in [-0.1, -0.05) is 0 Å². The Hall–Kier alpha value is -0.110. The van der Waals surface area contributed by atoms with Crippen LogP contribution in [-0.2, 0) is 11.3 Å². The average molecular weight is 404 g/mol. The van der Waals surface area contributed by atoms with E-state index in [9.17, 15) is 4.79 Å². The molecule has 2 aliphatic heterocycles. The maximum Gasteiger partial charge on any atom is 0.239 e. The Morgan fingerprint density at radius 3 is 2.52 bits per heavy atom. The van der Waals surface area contributed by atoms with Gasteiger partial charge in [0.05, 0.1) is 16.7 Å². The van der Waals surface area contributed by atoms with Gasteiger partial charge in [0, 0.05) is 38.1 Å². The zero-order valence-electron chi connectivity index (χ0n) is 13.2. The van der Waals surface area contributed by atoms with Gasteiger partial charge in [0.15, 0.2) is 0 Å². The predicted molar refractivity (Wildman–Crippen MR) is 101 cm³/mol. The second-order valence-electron chi connectivity index (χ2n) is 5.61. The lowest BCUT2D eigenvalue weighted by molar-refractivity contribution is -0.134. The molecular formula is C14H25Cl3N4OS. The molecule has 0 spiro atoms. The minimum Gasteiger partial charge on any atom is -0.339 e. The van der Waals surface area contributed by atoms with Gasteiger partial charge in [-0.3, -0.25) is 9.69 Å². The molecule has 0 aliphatic carbocycles. The Morgan fingerprint density at radius 2 is 2.00 bits per heavy atom. The lowest BCUT2D eigenvalue weighted by atomic mass is 10.2. The van der Waals surface area contributed by atoms with Crippen LogP contribution in [0.5, 0.6) is 0 Å². The first kappa shape index (κ1) is 22.9. The summed E-state index contributed by atoms with van der Waals surface area (Å²) in [4.78, 5) is 21.2. The first-order valence-electron chi connectivity index (χ1n) is 7.38. The standard InChI is InChI=1S/C14H22N4OS.3ClH/c1-11-16-12(10-20-11)9-17-5-7-18(8-6-17)14(19)13-3-2-4-15-13;;;/h10,13,15H,2-9H2,1H3;3*1H/t13-;;;/m0.../s1. The third-order valence-corrected chi connectivity index (χ3v) is 4.92. The van der Waals surface area contributed by atoms with Crippen molar-refractivity contribution in [3.05, 3.63) is 16.1 Å². The monoisotopic (exact) mass is 402 g/mol. The van der Waals surface area contributed by atoms with Crippen molar-refractivity contribution >= 4 is 54.5 Å². The van der Waals surface area contributed by atoms with E-state index in [1.165, 1.54) is 0 Å². The van der Waals surface area contributed by atoms with Gasteiger partial charge in [0.2, 0.25) is 5.91 Å². The molecule has 3 rings (SSSR count). The molecule has 0 unspecified atom stereocenters. The Morgan fingerprint density at radius 1 is 1.30 bits per heavy atom. The van der Waals surface area contributed by atoms with Gasteiger partial charge in [-0.05, 0) is 26.3 Å². The third-order valence-electron chi connectivity index (χ3n) is 4.09. The Kier molecular flexibility index (Phi) is 10.6. The largest absolute Gasteiger partial charge is 0.339 e. The Balaban J connectivity index is 0.00000161. The number of aromatic nitrogens is 1. The van der Waals surface area contributed by atoms with Gasteiger partial charge in [-0.25, -0.2) is 4.98 Å². The molecule has 2 fully saturated rings. The van der Waals surface area contributed by atoms with E-state index in [0.717, 1.165) is 62.8 Å². The average Bonchev–Trinajstić information content (AvgIpc) is 3.11. The van der Waals surface area contributed by atoms with Gasteiger partial charge in [-0.2, -0.15) is 0 Å². The molecule has 134 valence electrons. The summed E-state index contributed by atoms with van der Waals surface area (Å²) in [5.41, 5.74) is 1.16. The van der Waals surface area contributed by atoms with Crippen LogP contribution in [0.3, 0.4) is 0 Å². The molecule has 1 N–H and O–H groups in total. The number of nitrogens with zero attached hydrogens (tertiary/aromatic N) is 3. The molecule has 1 amide bonds. The lowest BCUT2D eigenvalue weighted by Crippen LogP contribution is -2.52. The summed E-state index contributed by atoms with van der Waals surface area (Å²) in [6, 6.07) is 0.0720. The smallest absolute Gasteiger partial charge is 0.239 e. The van der Waals surface area contributed by atoms with Crippen LogP contribution in [0, 0.1) is 6.92 Å². The minimum atomic E-state index is 0. The van der Waals surface area contributed by atoms with Crippen molar-refractivity contribution in [2.45, 2.75) is 32.4 Å². The number of rotatable bonds is 3. The Labute approximate surface area is 160 Å². The number of carbonyl (C=O) groups is 1. The summed E-state index contributed by atoms with van der Waals surface area (Å²) < 4.78 is 0. The van der Waals surface area contributed by atoms with E-state index in [1.54, 1.807) is 11.3 Å². The number of nitrogens with one attached hydrogen (secondary N) is 1. The van der Waals surface area contributed by atoms with E-state index >= 15 is 0 Å². The second kappa shape index (κ2) is 10.7. The number of hydrogen-bond acceptors (Lipinski definition) is 5. The van der Waals surface area contributed by atoms with Crippen molar-refractivity contribution < 1.29 is 4.79 Å². The SMILES string of the molecule is Cc1nc(CN2CCN(C(=O)[C@@H]3CCCN3)CC2)cs1.Cl.Cl.Cl. The summed E-state index contributed by atoms with van der Waals surface area (Å²) in [6.45, 7) is 7.54. The molecule has 2 saturated heterocycles. The highest BCUT2D eigenvalue weighted by molar-refractivity contribution is 7.09. The number of halogens is 3. The van der Waals surface area contributed by atoms with Crippen LogP contribution in [-0.4, -0.2) is 59.5 Å². The van der Waals surface area contributed by atoms with E-state index in [1.807, 2.05) is 11.8 Å². The molecule has 0 bridgehead atoms. The summed E-state index contributed by atoms with van der Waals surface area (Å²) in [5, 5.41) is 6.55. The number of hydrogen-bond donors (Lipinski definition) is 1. The highest BCUT2D eigenvalue weighted by Gasteiger charge is 2.29. The molecule has 5 nitrogen and oxygen atoms in total. The van der Waals surface area contributed by atoms with Crippen molar-refractivity contribution in [3.63, 3.8) is 0 Å². The van der Waals surface area contributed by atoms with Gasteiger partial charge in [0.25, 0.3) is 0 Å². The molecule has 0 radical (unpaired) electrons. The van der Waals surface area contributed by atoms with E-state index in [-0.39, 0.29) is 43.3 Å². The van der Waals surface area contributed by atoms with Crippen LogP contribution in [0.4, 0.5) is 0 Å². The highest BCUT2D eigenvalue weighted by Crippen LogP contribution is 2.14. The predicted octanol–water partition coefficient (Wildman–Crippen LogP) is 2.11. The fourth-order valence-electron chi connectivity index (χ4n) is 2.95. The first-order valence-corrected chi connectivity index (χ1v) is 8.26. The van der Waals surface area contributed by atoms with Gasteiger partial charge >= 0.3 is 0 Å². The zero-order valence-corrected chi connectivity index (χ0v) is 16.5. The number of carbonyl (C=O) groups excluding carboxylic acids is 1. The number of thiazole rings is 1. The maximum absolute atomic E-state index is 12.3. The van der Waals surface area contributed by atoms with E-state index in [0.29, 0.717) is 5.91 Å². The topological polar surface area (TPSA) is 48.5 Å². The fourth-order valence-corrected chi connectivity index (χ4v) is 3.56. The van der Waals surface area contributed by atoms with E-state index < -0.39 is 0 Å². The van der Waals surface area contributed by atoms with Crippen LogP contribution < -0.4 is 5.32 Å². The highest BCUT2D eigenvalue weighted by atomic mass is 35.5. The lowest BCUT2D eigenvalue weighted by Gasteiger charge is -2.35. The quantitative estimate of drug-likeness (QED) is 0.840. The van der Waals surface area contributed by atoms with Crippen molar-refractivity contribution in [2.24, 2.45) is 0 Å². The third kappa shape index (κ3) is 6.03. The summed E-state index contributed by atoms with van der Waals surface area (Å²) in [7, 11) is 0. The number of aryl methyl sites for hydroxylation is 1. The van der Waals surface area contributed by atoms with Crippen LogP contribution in [0.15, 0.2) is 5.38 Å². The van der Waals surface area contributed by atoms with Crippen LogP contribution in [0.1, 0.15) is 23.5 Å². The molecular weight excluding hydrogens is 379 g/mol. The first-order chi connectivity index (χ1) is 9.72. The van der Waals surface area contributed by atoms with E-state index in [4.69, 9.17) is 0 Å². The summed E-state index contributed by atoms with van der Waals surface area (Å²) in [5.74, 6) is 0.298. The van der Waals surface area contributed by atoms with Crippen LogP contribution in [0.2, 0.25) is 0 Å². The molecule has 23 heavy (non-hydrogen) atoms. The molecule has 9 heteroatoms. The minimum absolute atomic E-state index is 0. The van der Waals surface area contributed by atoms with Crippen LogP contribution >= 0.6 is 48.6 Å². The fraction of sp³-hybridized carbons (Fsp3) is 0.714. The molecule has 1 aromatic heterocycles. The number of piperazine rings is 1.